The predicted octanol–water partition coefficient (Wildman–Crippen LogP) is -0.982. The van der Waals surface area contributed by atoms with Crippen molar-refractivity contribution < 1.29 is 19.4 Å². The van der Waals surface area contributed by atoms with Crippen molar-refractivity contribution in [1.29, 1.82) is 0 Å². The van der Waals surface area contributed by atoms with Crippen LogP contribution in [-0.4, -0.2) is 50.0 Å². The Morgan fingerprint density at radius 1 is 1.83 bits per heavy atom. The molecule has 1 N–H and O–H groups in total. The van der Waals surface area contributed by atoms with Gasteiger partial charge in [-0.15, -0.1) is 0 Å². The number of aliphatic carboxylic acids is 1. The van der Waals surface area contributed by atoms with Gasteiger partial charge in [-0.25, -0.2) is 0 Å². The summed E-state index contributed by atoms with van der Waals surface area (Å²) in [4.78, 5) is 21.4. The second-order valence-corrected chi connectivity index (χ2v) is 2.39. The Balaban J connectivity index is 3.85. The van der Waals surface area contributed by atoms with Crippen LogP contribution in [0.2, 0.25) is 0 Å². The molecule has 0 aliphatic rings. The number of ether oxygens (including phenoxy) is 1. The van der Waals surface area contributed by atoms with E-state index in [2.05, 4.69) is 4.74 Å². The predicted molar refractivity (Wildman–Crippen MR) is 41.6 cm³/mol. The van der Waals surface area contributed by atoms with Crippen LogP contribution in [0.25, 0.3) is 0 Å². The van der Waals surface area contributed by atoms with E-state index < -0.39 is 12.1 Å². The van der Waals surface area contributed by atoms with E-state index in [0.717, 1.165) is 0 Å². The number of nitrogens with zero attached hydrogens (tertiary/aromatic N) is 1. The SMILES string of the molecule is [B]N(C)CC(CC(=O)O)OC=O. The zero-order valence-corrected chi connectivity index (χ0v) is 6.77. The lowest BCUT2D eigenvalue weighted by Gasteiger charge is -2.17. The number of rotatable bonds is 6. The smallest absolute Gasteiger partial charge is 0.307 e. The molecule has 5 nitrogen and oxygen atoms in total. The van der Waals surface area contributed by atoms with Crippen LogP contribution in [0.4, 0.5) is 0 Å². The Bertz CT molecular complexity index is 162. The van der Waals surface area contributed by atoms with Gasteiger partial charge in [0.1, 0.15) is 6.10 Å². The third-order valence-corrected chi connectivity index (χ3v) is 1.14. The molecular formula is C6H10BNO4. The molecule has 1 atom stereocenters. The fourth-order valence-corrected chi connectivity index (χ4v) is 0.750. The second-order valence-electron chi connectivity index (χ2n) is 2.39. The lowest BCUT2D eigenvalue weighted by atomic mass is 10.2. The van der Waals surface area contributed by atoms with Gasteiger partial charge >= 0.3 is 5.97 Å². The first-order chi connectivity index (χ1) is 5.56. The molecule has 66 valence electrons. The zero-order valence-electron chi connectivity index (χ0n) is 6.77. The summed E-state index contributed by atoms with van der Waals surface area (Å²) in [5, 5.41) is 8.37. The summed E-state index contributed by atoms with van der Waals surface area (Å²) >= 11 is 0. The van der Waals surface area contributed by atoms with Crippen molar-refractivity contribution >= 4 is 20.4 Å². The van der Waals surface area contributed by atoms with Gasteiger partial charge in [-0.3, -0.25) is 9.59 Å². The van der Waals surface area contributed by atoms with Crippen molar-refractivity contribution in [3.8, 4) is 0 Å². The average Bonchev–Trinajstić information content (AvgIpc) is 1.84. The molecule has 6 heteroatoms. The van der Waals surface area contributed by atoms with Gasteiger partial charge < -0.3 is 14.7 Å². The van der Waals surface area contributed by atoms with Crippen LogP contribution >= 0.6 is 0 Å². The van der Waals surface area contributed by atoms with Gasteiger partial charge in [-0.2, -0.15) is 0 Å². The van der Waals surface area contributed by atoms with Crippen molar-refractivity contribution in [2.75, 3.05) is 13.6 Å². The van der Waals surface area contributed by atoms with E-state index in [0.29, 0.717) is 0 Å². The van der Waals surface area contributed by atoms with E-state index in [9.17, 15) is 9.59 Å². The zero-order chi connectivity index (χ0) is 9.56. The first-order valence-corrected chi connectivity index (χ1v) is 3.33. The lowest BCUT2D eigenvalue weighted by molar-refractivity contribution is -0.143. The van der Waals surface area contributed by atoms with E-state index >= 15 is 0 Å². The van der Waals surface area contributed by atoms with Gasteiger partial charge in [0, 0.05) is 6.54 Å². The van der Waals surface area contributed by atoms with Crippen molar-refractivity contribution in [3.63, 3.8) is 0 Å². The fraction of sp³-hybridized carbons (Fsp3) is 0.667. The highest BCUT2D eigenvalue weighted by Crippen LogP contribution is 1.98. The number of carboxylic acid groups (broad SMARTS) is 1. The Morgan fingerprint density at radius 2 is 2.42 bits per heavy atom. The largest absolute Gasteiger partial charge is 0.481 e. The maximum absolute atomic E-state index is 10.2. The molecule has 0 amide bonds. The molecule has 0 heterocycles. The van der Waals surface area contributed by atoms with Crippen molar-refractivity contribution in [1.82, 2.24) is 4.81 Å². The molecule has 0 saturated heterocycles. The monoisotopic (exact) mass is 171 g/mol. The highest BCUT2D eigenvalue weighted by molar-refractivity contribution is 6.04. The summed E-state index contributed by atoms with van der Waals surface area (Å²) < 4.78 is 4.48. The summed E-state index contributed by atoms with van der Waals surface area (Å²) in [5.74, 6) is -1.02. The first kappa shape index (κ1) is 11.0. The Labute approximate surface area is 71.7 Å². The molecule has 0 aromatic heterocycles. The van der Waals surface area contributed by atoms with Gasteiger partial charge in [0.15, 0.2) is 7.98 Å². The number of carbonyl (C=O) groups is 2. The molecule has 0 rings (SSSR count). The molecular weight excluding hydrogens is 161 g/mol. The Morgan fingerprint density at radius 3 is 2.75 bits per heavy atom. The second kappa shape index (κ2) is 5.59. The molecule has 0 fully saturated rings. The third-order valence-electron chi connectivity index (χ3n) is 1.14. The van der Waals surface area contributed by atoms with Crippen LogP contribution in [0.3, 0.4) is 0 Å². The average molecular weight is 171 g/mol. The minimum absolute atomic E-state index is 0.199. The molecule has 0 aliphatic heterocycles. The molecule has 0 aromatic rings. The highest BCUT2D eigenvalue weighted by Gasteiger charge is 2.14. The summed E-state index contributed by atoms with van der Waals surface area (Å²) in [6, 6.07) is 0. The van der Waals surface area contributed by atoms with E-state index in [1.165, 1.54) is 4.81 Å². The maximum atomic E-state index is 10.2. The van der Waals surface area contributed by atoms with Crippen LogP contribution in [0.15, 0.2) is 0 Å². The summed E-state index contributed by atoms with van der Waals surface area (Å²) in [6.07, 6.45) is -0.921. The van der Waals surface area contributed by atoms with Gasteiger partial charge in [-0.05, 0) is 7.05 Å². The van der Waals surface area contributed by atoms with Crippen LogP contribution < -0.4 is 0 Å². The lowest BCUT2D eigenvalue weighted by Crippen LogP contribution is -2.31. The van der Waals surface area contributed by atoms with Crippen LogP contribution in [0.1, 0.15) is 6.42 Å². The summed E-state index contributed by atoms with van der Waals surface area (Å²) in [7, 11) is 6.80. The molecule has 0 aromatic carbocycles. The van der Waals surface area contributed by atoms with Crippen LogP contribution in [-0.2, 0) is 14.3 Å². The molecule has 0 bridgehead atoms. The fourth-order valence-electron chi connectivity index (χ4n) is 0.750. The Hall–Kier alpha value is -1.04. The quantitative estimate of drug-likeness (QED) is 0.410. The molecule has 0 spiro atoms. The molecule has 0 aliphatic carbocycles. The van der Waals surface area contributed by atoms with Crippen LogP contribution in [0, 0.1) is 0 Å². The minimum Gasteiger partial charge on any atom is -0.481 e. The van der Waals surface area contributed by atoms with Crippen molar-refractivity contribution in [2.24, 2.45) is 0 Å². The van der Waals surface area contributed by atoms with E-state index in [-0.39, 0.29) is 19.4 Å². The number of hydrogen-bond acceptors (Lipinski definition) is 4. The van der Waals surface area contributed by atoms with Gasteiger partial charge in [-0.1, -0.05) is 0 Å². The van der Waals surface area contributed by atoms with Crippen molar-refractivity contribution in [3.05, 3.63) is 0 Å². The minimum atomic E-state index is -1.02. The van der Waals surface area contributed by atoms with Gasteiger partial charge in [0.05, 0.1) is 6.42 Å². The van der Waals surface area contributed by atoms with E-state index in [1.54, 1.807) is 7.05 Å². The van der Waals surface area contributed by atoms with Gasteiger partial charge in [0.2, 0.25) is 0 Å². The maximum Gasteiger partial charge on any atom is 0.307 e. The molecule has 2 radical (unpaired) electrons. The molecule has 12 heavy (non-hydrogen) atoms. The van der Waals surface area contributed by atoms with Gasteiger partial charge in [0.25, 0.3) is 6.47 Å². The summed E-state index contributed by atoms with van der Waals surface area (Å²) in [5.41, 5.74) is 0. The topological polar surface area (TPSA) is 66.8 Å². The van der Waals surface area contributed by atoms with E-state index in [1.807, 2.05) is 0 Å². The normalized spacial score (nSPS) is 12.5. The standard InChI is InChI=1S/C6H10BNO4/c1-8(7)3-5(12-4-9)2-6(10)11/h4-5H,2-3H2,1H3,(H,10,11). The number of carbonyl (C=O) groups excluding carboxylic acids is 1. The third kappa shape index (κ3) is 5.73. The Kier molecular flexibility index (Phi) is 5.11. The number of likely N-dealkylation sites (N-methyl/N-ethyl adjacent to an activating group) is 1. The van der Waals surface area contributed by atoms with Crippen molar-refractivity contribution in [2.45, 2.75) is 12.5 Å². The number of hydrogen-bond donors (Lipinski definition) is 1. The van der Waals surface area contributed by atoms with Crippen LogP contribution in [0.5, 0.6) is 0 Å². The highest BCUT2D eigenvalue weighted by atomic mass is 16.5. The van der Waals surface area contributed by atoms with E-state index in [4.69, 9.17) is 13.1 Å². The summed E-state index contributed by atoms with van der Waals surface area (Å²) in [6.45, 7) is 0.419. The first-order valence-electron chi connectivity index (χ1n) is 3.33. The molecule has 1 unspecified atom stereocenters. The number of carboxylic acids is 1. The molecule has 0 saturated carbocycles.